The summed E-state index contributed by atoms with van der Waals surface area (Å²) in [6.45, 7) is 1.74. The van der Waals surface area contributed by atoms with Crippen molar-refractivity contribution in [1.82, 2.24) is 10.3 Å². The number of anilines is 1. The smallest absolute Gasteiger partial charge is 0.240 e. The van der Waals surface area contributed by atoms with Gasteiger partial charge in [-0.3, -0.25) is 14.6 Å². The van der Waals surface area contributed by atoms with Gasteiger partial charge in [0.1, 0.15) is 12.4 Å². The molecule has 1 aromatic heterocycles. The van der Waals surface area contributed by atoms with Crippen LogP contribution in [0.5, 0.6) is 0 Å². The maximum Gasteiger partial charge on any atom is 0.240 e. The van der Waals surface area contributed by atoms with E-state index in [1.807, 2.05) is 24.3 Å². The topological polar surface area (TPSA) is 62.3 Å². The molecule has 0 radical (unpaired) electrons. The Morgan fingerprint density at radius 2 is 1.81 bits per heavy atom. The Balaban J connectivity index is 1.66. The molecule has 5 nitrogen and oxygen atoms in total. The third-order valence-electron chi connectivity index (χ3n) is 4.23. The number of hydrogen-bond donors (Lipinski definition) is 1. The number of aromatic nitrogens is 1. The molecule has 3 rings (SSSR count). The van der Waals surface area contributed by atoms with Crippen LogP contribution >= 0.6 is 0 Å². The van der Waals surface area contributed by atoms with Crippen LogP contribution in [0.15, 0.2) is 60.8 Å². The molecule has 138 valence electrons. The van der Waals surface area contributed by atoms with E-state index in [1.54, 1.807) is 24.4 Å². The summed E-state index contributed by atoms with van der Waals surface area (Å²) in [4.78, 5) is 30.2. The lowest BCUT2D eigenvalue weighted by molar-refractivity contribution is -0.123. The van der Waals surface area contributed by atoms with Gasteiger partial charge in [0, 0.05) is 25.1 Å². The van der Waals surface area contributed by atoms with Gasteiger partial charge in [0.05, 0.1) is 11.2 Å². The monoisotopic (exact) mass is 365 g/mol. The Bertz CT molecular complexity index is 952. The van der Waals surface area contributed by atoms with Gasteiger partial charge in [-0.25, -0.2) is 4.39 Å². The van der Waals surface area contributed by atoms with Crippen molar-refractivity contribution in [2.45, 2.75) is 13.3 Å². The highest BCUT2D eigenvalue weighted by molar-refractivity contribution is 6.04. The zero-order chi connectivity index (χ0) is 19.2. The third kappa shape index (κ3) is 4.67. The second kappa shape index (κ2) is 8.40. The molecule has 6 heteroatoms. The molecule has 0 aliphatic carbocycles. The van der Waals surface area contributed by atoms with Crippen molar-refractivity contribution in [3.63, 3.8) is 0 Å². The maximum absolute atomic E-state index is 12.9. The number of amides is 2. The van der Waals surface area contributed by atoms with Crippen LogP contribution in [0.4, 0.5) is 10.1 Å². The average molecular weight is 365 g/mol. The van der Waals surface area contributed by atoms with Gasteiger partial charge in [0.25, 0.3) is 0 Å². The van der Waals surface area contributed by atoms with Crippen LogP contribution < -0.4 is 10.2 Å². The number of pyridine rings is 1. The number of rotatable bonds is 6. The van der Waals surface area contributed by atoms with Crippen LogP contribution in [0.3, 0.4) is 0 Å². The predicted octanol–water partition coefficient (Wildman–Crippen LogP) is 3.09. The summed E-state index contributed by atoms with van der Waals surface area (Å²) >= 11 is 0. The van der Waals surface area contributed by atoms with E-state index < -0.39 is 0 Å². The summed E-state index contributed by atoms with van der Waals surface area (Å²) < 4.78 is 12.9. The molecule has 0 saturated heterocycles. The number of benzene rings is 2. The average Bonchev–Trinajstić information content (AvgIpc) is 2.67. The van der Waals surface area contributed by atoms with Crippen molar-refractivity contribution in [2.75, 3.05) is 18.0 Å². The van der Waals surface area contributed by atoms with Crippen molar-refractivity contribution in [2.24, 2.45) is 0 Å². The molecule has 2 aromatic carbocycles. The van der Waals surface area contributed by atoms with Gasteiger partial charge >= 0.3 is 0 Å². The van der Waals surface area contributed by atoms with Crippen LogP contribution in [0.25, 0.3) is 10.9 Å². The number of para-hydroxylation sites is 1. The van der Waals surface area contributed by atoms with Crippen molar-refractivity contribution < 1.29 is 14.0 Å². The number of nitrogens with zero attached hydrogens (tertiary/aromatic N) is 2. The summed E-state index contributed by atoms with van der Waals surface area (Å²) in [7, 11) is 0. The maximum atomic E-state index is 12.9. The summed E-state index contributed by atoms with van der Waals surface area (Å²) in [5.74, 6) is -0.786. The predicted molar refractivity (Wildman–Crippen MR) is 103 cm³/mol. The summed E-state index contributed by atoms with van der Waals surface area (Å²) in [6.07, 6.45) is 2.24. The van der Waals surface area contributed by atoms with Gasteiger partial charge in [-0.15, -0.1) is 0 Å². The van der Waals surface area contributed by atoms with Gasteiger partial charge in [-0.2, -0.15) is 0 Å². The minimum atomic E-state index is -0.288. The molecular weight excluding hydrogens is 345 g/mol. The Hall–Kier alpha value is -3.28. The number of carbonyl (C=O) groups is 2. The van der Waals surface area contributed by atoms with Crippen LogP contribution in [0.2, 0.25) is 0 Å². The Labute approximate surface area is 156 Å². The van der Waals surface area contributed by atoms with E-state index in [1.165, 1.54) is 24.0 Å². The van der Waals surface area contributed by atoms with E-state index in [2.05, 4.69) is 10.3 Å². The third-order valence-corrected chi connectivity index (χ3v) is 4.23. The zero-order valence-corrected chi connectivity index (χ0v) is 15.0. The number of halogens is 1. The largest absolute Gasteiger partial charge is 0.354 e. The van der Waals surface area contributed by atoms with Gasteiger partial charge in [-0.05, 0) is 36.2 Å². The number of carbonyl (C=O) groups excluding carboxylic acids is 2. The lowest BCUT2D eigenvalue weighted by Gasteiger charge is -2.21. The first-order chi connectivity index (χ1) is 13.0. The molecule has 1 N–H and O–H groups in total. The van der Waals surface area contributed by atoms with Crippen LogP contribution in [0, 0.1) is 5.82 Å². The summed E-state index contributed by atoms with van der Waals surface area (Å²) in [5, 5.41) is 3.70. The molecule has 0 spiro atoms. The zero-order valence-electron chi connectivity index (χ0n) is 15.0. The normalized spacial score (nSPS) is 10.6. The molecule has 27 heavy (non-hydrogen) atoms. The molecule has 3 aromatic rings. The standard InChI is InChI=1S/C21H20FN3O2/c1-15(26)25(19-6-2-4-17-5-3-12-24-21(17)19)14-20(27)23-13-11-16-7-9-18(22)10-8-16/h2-10,12H,11,13-14H2,1H3,(H,23,27). The summed E-state index contributed by atoms with van der Waals surface area (Å²) in [6, 6.07) is 15.4. The highest BCUT2D eigenvalue weighted by Gasteiger charge is 2.18. The van der Waals surface area contributed by atoms with Crippen molar-refractivity contribution >= 4 is 28.4 Å². The molecule has 0 unspecified atom stereocenters. The van der Waals surface area contributed by atoms with E-state index in [9.17, 15) is 14.0 Å². The van der Waals surface area contributed by atoms with Crippen molar-refractivity contribution in [1.29, 1.82) is 0 Å². The van der Waals surface area contributed by atoms with Gasteiger partial charge in [0.15, 0.2) is 0 Å². The Morgan fingerprint density at radius 3 is 2.56 bits per heavy atom. The number of fused-ring (bicyclic) bond motifs is 1. The van der Waals surface area contributed by atoms with E-state index in [0.717, 1.165) is 10.9 Å². The van der Waals surface area contributed by atoms with Gasteiger partial charge < -0.3 is 10.2 Å². The first-order valence-electron chi connectivity index (χ1n) is 8.67. The lowest BCUT2D eigenvalue weighted by atomic mass is 10.1. The fourth-order valence-corrected chi connectivity index (χ4v) is 2.87. The van der Waals surface area contributed by atoms with Gasteiger partial charge in [0.2, 0.25) is 11.8 Å². The highest BCUT2D eigenvalue weighted by Crippen LogP contribution is 2.24. The fourth-order valence-electron chi connectivity index (χ4n) is 2.87. The SMILES string of the molecule is CC(=O)N(CC(=O)NCCc1ccc(F)cc1)c1cccc2cccnc12. The molecule has 2 amide bonds. The first-order valence-corrected chi connectivity index (χ1v) is 8.67. The molecular formula is C21H20FN3O2. The minimum Gasteiger partial charge on any atom is -0.354 e. The second-order valence-corrected chi connectivity index (χ2v) is 6.18. The molecule has 0 aliphatic rings. The Kier molecular flexibility index (Phi) is 5.76. The van der Waals surface area contributed by atoms with Crippen LogP contribution in [-0.4, -0.2) is 29.9 Å². The van der Waals surface area contributed by atoms with Crippen molar-refractivity contribution in [3.05, 3.63) is 72.2 Å². The van der Waals surface area contributed by atoms with Gasteiger partial charge in [-0.1, -0.05) is 30.3 Å². The number of nitrogens with one attached hydrogen (secondary N) is 1. The molecule has 1 heterocycles. The quantitative estimate of drug-likeness (QED) is 0.730. The lowest BCUT2D eigenvalue weighted by Crippen LogP contribution is -2.40. The minimum absolute atomic E-state index is 0.0889. The van der Waals surface area contributed by atoms with Crippen LogP contribution in [0.1, 0.15) is 12.5 Å². The van der Waals surface area contributed by atoms with E-state index in [-0.39, 0.29) is 24.2 Å². The van der Waals surface area contributed by atoms with E-state index >= 15 is 0 Å². The highest BCUT2D eigenvalue weighted by atomic mass is 19.1. The second-order valence-electron chi connectivity index (χ2n) is 6.18. The Morgan fingerprint density at radius 1 is 1.07 bits per heavy atom. The van der Waals surface area contributed by atoms with E-state index in [4.69, 9.17) is 0 Å². The first kappa shape index (κ1) is 18.5. The molecule has 0 saturated carbocycles. The molecule has 0 atom stereocenters. The number of hydrogen-bond acceptors (Lipinski definition) is 3. The van der Waals surface area contributed by atoms with E-state index in [0.29, 0.717) is 24.2 Å². The summed E-state index contributed by atoms with van der Waals surface area (Å²) in [5.41, 5.74) is 2.21. The van der Waals surface area contributed by atoms with Crippen LogP contribution in [-0.2, 0) is 16.0 Å². The molecule has 0 bridgehead atoms. The van der Waals surface area contributed by atoms with Crippen molar-refractivity contribution in [3.8, 4) is 0 Å². The molecule has 0 aliphatic heterocycles. The molecule has 0 fully saturated rings. The fraction of sp³-hybridized carbons (Fsp3) is 0.190.